The molecule has 0 spiro atoms. The monoisotopic (exact) mass is 288 g/mol. The minimum atomic E-state index is 0.999. The van der Waals surface area contributed by atoms with Gasteiger partial charge in [-0.05, 0) is 0 Å². The van der Waals surface area contributed by atoms with Crippen molar-refractivity contribution < 1.29 is 0 Å². The van der Waals surface area contributed by atoms with E-state index in [0.29, 0.717) is 0 Å². The van der Waals surface area contributed by atoms with Crippen LogP contribution in [0.5, 0.6) is 0 Å². The van der Waals surface area contributed by atoms with Crippen molar-refractivity contribution in [3.05, 3.63) is 40.8 Å². The molecule has 2 aromatic rings. The Balaban J connectivity index is 2.24. The molecule has 1 aliphatic rings. The Labute approximate surface area is 107 Å². The zero-order valence-corrected chi connectivity index (χ0v) is 11.4. The Bertz CT molecular complexity index is 586. The van der Waals surface area contributed by atoms with Gasteiger partial charge >= 0.3 is 107 Å². The van der Waals surface area contributed by atoms with Crippen LogP contribution in [0.2, 0.25) is 0 Å². The molecule has 0 saturated heterocycles. The molecular weight excluding hydrogens is 279 g/mol. The Kier molecular flexibility index (Phi) is 2.38. The van der Waals surface area contributed by atoms with E-state index < -0.39 is 0 Å². The van der Waals surface area contributed by atoms with Gasteiger partial charge in [-0.3, -0.25) is 0 Å². The molecule has 0 atom stereocenters. The summed E-state index contributed by atoms with van der Waals surface area (Å²) in [6.45, 7) is 2.12. The standard InChI is InChI=1S/C12H9AsN2S/c1-7-6-8-11(13)14-9-4-2-3-5-10(9)15-12(8)16-7/h2-6,15H,1H3. The van der Waals surface area contributed by atoms with E-state index in [1.807, 2.05) is 18.2 Å². The number of aliphatic imine (C=N–C) groups is 1. The predicted molar refractivity (Wildman–Crippen MR) is 70.7 cm³/mol. The molecule has 2 radical (unpaired) electrons. The molecule has 0 unspecified atom stereocenters. The van der Waals surface area contributed by atoms with E-state index in [4.69, 9.17) is 0 Å². The molecule has 1 aliphatic heterocycles. The maximum atomic E-state index is 4.63. The van der Waals surface area contributed by atoms with Gasteiger partial charge in [-0.1, -0.05) is 0 Å². The van der Waals surface area contributed by atoms with Gasteiger partial charge in [0.05, 0.1) is 0 Å². The third-order valence-corrected chi connectivity index (χ3v) is 4.16. The summed E-state index contributed by atoms with van der Waals surface area (Å²) < 4.78 is 1.02. The first-order chi connectivity index (χ1) is 7.74. The molecule has 0 amide bonds. The number of thiophene rings is 1. The summed E-state index contributed by atoms with van der Waals surface area (Å²) in [6, 6.07) is 10.3. The van der Waals surface area contributed by atoms with Crippen molar-refractivity contribution in [3.63, 3.8) is 0 Å². The van der Waals surface area contributed by atoms with E-state index in [0.717, 1.165) is 15.9 Å². The van der Waals surface area contributed by atoms with Crippen LogP contribution in [0.4, 0.5) is 16.4 Å². The summed E-state index contributed by atoms with van der Waals surface area (Å²) in [4.78, 5) is 5.93. The van der Waals surface area contributed by atoms with Gasteiger partial charge in [0.2, 0.25) is 0 Å². The summed E-state index contributed by atoms with van der Waals surface area (Å²) in [5.41, 5.74) is 3.27. The first kappa shape index (κ1) is 10.1. The summed E-state index contributed by atoms with van der Waals surface area (Å²) in [5.74, 6) is 0. The summed E-state index contributed by atoms with van der Waals surface area (Å²) in [6.07, 6.45) is 0. The average molecular weight is 288 g/mol. The van der Waals surface area contributed by atoms with Crippen molar-refractivity contribution in [2.45, 2.75) is 6.92 Å². The molecule has 1 aromatic heterocycles. The number of hydrogen-bond acceptors (Lipinski definition) is 3. The number of aryl methyl sites for hydroxylation is 1. The number of anilines is 2. The van der Waals surface area contributed by atoms with Gasteiger partial charge in [0.1, 0.15) is 0 Å². The number of fused-ring (bicyclic) bond motifs is 2. The van der Waals surface area contributed by atoms with Gasteiger partial charge < -0.3 is 0 Å². The molecule has 0 aliphatic carbocycles. The number of benzene rings is 1. The second-order valence-electron chi connectivity index (χ2n) is 3.68. The van der Waals surface area contributed by atoms with E-state index in [1.165, 1.54) is 15.4 Å². The minimum absolute atomic E-state index is 0.999. The molecular formula is C12H9AsN2S. The molecule has 0 bridgehead atoms. The van der Waals surface area contributed by atoms with Crippen molar-refractivity contribution in [2.75, 3.05) is 5.32 Å². The van der Waals surface area contributed by atoms with Crippen LogP contribution in [-0.2, 0) is 0 Å². The van der Waals surface area contributed by atoms with Crippen molar-refractivity contribution in [1.29, 1.82) is 0 Å². The van der Waals surface area contributed by atoms with Gasteiger partial charge in [0, 0.05) is 0 Å². The Morgan fingerprint density at radius 3 is 3.00 bits per heavy atom. The number of rotatable bonds is 0. The second-order valence-corrected chi connectivity index (χ2v) is 5.82. The van der Waals surface area contributed by atoms with Gasteiger partial charge in [-0.25, -0.2) is 0 Å². The van der Waals surface area contributed by atoms with Gasteiger partial charge in [-0.2, -0.15) is 0 Å². The fourth-order valence-electron chi connectivity index (χ4n) is 1.75. The van der Waals surface area contributed by atoms with Gasteiger partial charge in [-0.15, -0.1) is 0 Å². The van der Waals surface area contributed by atoms with Crippen LogP contribution < -0.4 is 5.32 Å². The van der Waals surface area contributed by atoms with E-state index in [2.05, 4.69) is 46.2 Å². The first-order valence-electron chi connectivity index (χ1n) is 4.98. The third kappa shape index (κ3) is 1.60. The number of hydrogen-bond donors (Lipinski definition) is 1. The summed E-state index contributed by atoms with van der Waals surface area (Å²) in [7, 11) is 0. The number of para-hydroxylation sites is 2. The molecule has 0 saturated carbocycles. The molecule has 1 aromatic carbocycles. The zero-order valence-electron chi connectivity index (χ0n) is 8.69. The number of nitrogens with zero attached hydrogens (tertiary/aromatic N) is 1. The predicted octanol–water partition coefficient (Wildman–Crippen LogP) is 3.36. The Morgan fingerprint density at radius 2 is 2.12 bits per heavy atom. The fraction of sp³-hybridized carbons (Fsp3) is 0.0833. The Hall–Kier alpha value is -1.05. The van der Waals surface area contributed by atoms with Crippen LogP contribution >= 0.6 is 11.3 Å². The quantitative estimate of drug-likeness (QED) is 0.739. The SMILES string of the molecule is Cc1cc2c(s1)Nc1ccccc1N=C2[As]. The average Bonchev–Trinajstić information content (AvgIpc) is 2.57. The van der Waals surface area contributed by atoms with Crippen LogP contribution in [-0.4, -0.2) is 21.4 Å². The molecule has 4 heteroatoms. The van der Waals surface area contributed by atoms with Crippen molar-refractivity contribution in [1.82, 2.24) is 0 Å². The van der Waals surface area contributed by atoms with Crippen molar-refractivity contribution in [2.24, 2.45) is 4.99 Å². The van der Waals surface area contributed by atoms with Crippen LogP contribution in [0, 0.1) is 6.92 Å². The zero-order chi connectivity index (χ0) is 11.1. The van der Waals surface area contributed by atoms with Crippen LogP contribution in [0.15, 0.2) is 35.3 Å². The van der Waals surface area contributed by atoms with Crippen LogP contribution in [0.1, 0.15) is 10.4 Å². The number of nitrogens with one attached hydrogen (secondary N) is 1. The molecule has 1 N–H and O–H groups in total. The van der Waals surface area contributed by atoms with Crippen LogP contribution in [0.3, 0.4) is 0 Å². The molecule has 3 rings (SSSR count). The molecule has 2 heterocycles. The first-order valence-corrected chi connectivity index (χ1v) is 6.74. The van der Waals surface area contributed by atoms with E-state index in [-0.39, 0.29) is 0 Å². The van der Waals surface area contributed by atoms with E-state index in [1.54, 1.807) is 11.3 Å². The van der Waals surface area contributed by atoms with E-state index >= 15 is 0 Å². The van der Waals surface area contributed by atoms with Gasteiger partial charge in [0.15, 0.2) is 0 Å². The fourth-order valence-corrected chi connectivity index (χ4v) is 3.43. The summed E-state index contributed by atoms with van der Waals surface area (Å²) in [5, 5.41) is 4.63. The molecule has 78 valence electrons. The van der Waals surface area contributed by atoms with Crippen molar-refractivity contribution >= 4 is 49.1 Å². The topological polar surface area (TPSA) is 24.4 Å². The van der Waals surface area contributed by atoms with Crippen molar-refractivity contribution in [3.8, 4) is 0 Å². The van der Waals surface area contributed by atoms with E-state index in [9.17, 15) is 0 Å². The Morgan fingerprint density at radius 1 is 1.31 bits per heavy atom. The normalized spacial score (nSPS) is 13.2. The third-order valence-electron chi connectivity index (χ3n) is 2.47. The molecule has 16 heavy (non-hydrogen) atoms. The summed E-state index contributed by atoms with van der Waals surface area (Å²) >= 11 is 4.32. The van der Waals surface area contributed by atoms with Crippen LogP contribution in [0.25, 0.3) is 0 Å². The second kappa shape index (κ2) is 3.76. The molecule has 0 fully saturated rings. The van der Waals surface area contributed by atoms with Gasteiger partial charge in [0.25, 0.3) is 0 Å². The maximum absolute atomic E-state index is 4.63. The molecule has 2 nitrogen and oxygen atoms in total.